The summed E-state index contributed by atoms with van der Waals surface area (Å²) in [5.74, 6) is -0.114. The number of rotatable bonds is 6. The highest BCUT2D eigenvalue weighted by molar-refractivity contribution is 5.32. The first-order chi connectivity index (χ1) is 8.86. The molecule has 1 aromatic carbocycles. The fourth-order valence-electron chi connectivity index (χ4n) is 2.32. The third-order valence-electron chi connectivity index (χ3n) is 3.25. The highest BCUT2D eigenvalue weighted by Crippen LogP contribution is 2.36. The lowest BCUT2D eigenvalue weighted by Gasteiger charge is -2.22. The predicted octanol–water partition coefficient (Wildman–Crippen LogP) is 4.59. The summed E-state index contributed by atoms with van der Waals surface area (Å²) in [5, 5.41) is 3.31. The highest BCUT2D eigenvalue weighted by Gasteiger charge is 2.34. The molecule has 1 aromatic rings. The summed E-state index contributed by atoms with van der Waals surface area (Å²) in [6.07, 6.45) is -2.55. The van der Waals surface area contributed by atoms with Crippen molar-refractivity contribution in [2.45, 2.75) is 51.7 Å². The third kappa shape index (κ3) is 4.86. The molecule has 0 spiro atoms. The lowest BCUT2D eigenvalue weighted by molar-refractivity contribution is -0.138. The van der Waals surface area contributed by atoms with Gasteiger partial charge in [0.15, 0.2) is 0 Å². The summed E-state index contributed by atoms with van der Waals surface area (Å²) in [6.45, 7) is 6.84. The molecule has 2 unspecified atom stereocenters. The first-order valence-electron chi connectivity index (χ1n) is 6.75. The minimum atomic E-state index is -4.27. The van der Waals surface area contributed by atoms with Crippen molar-refractivity contribution in [1.29, 1.82) is 0 Å². The van der Waals surface area contributed by atoms with Gasteiger partial charge in [0, 0.05) is 6.04 Å². The molecule has 0 fully saturated rings. The number of alkyl halides is 3. The maximum absolute atomic E-state index is 12.9. The standard InChI is InChI=1S/C15H22F3N/c1-4-9-19-12(3)10-11(2)13-7-5-6-8-14(13)15(16,17)18/h5-8,11-12,19H,4,9-10H2,1-3H3. The molecule has 0 amide bonds. The van der Waals surface area contributed by atoms with Crippen LogP contribution >= 0.6 is 0 Å². The van der Waals surface area contributed by atoms with Crippen molar-refractivity contribution in [3.05, 3.63) is 35.4 Å². The molecule has 0 aliphatic heterocycles. The van der Waals surface area contributed by atoms with E-state index >= 15 is 0 Å². The fourth-order valence-corrected chi connectivity index (χ4v) is 2.32. The molecule has 0 saturated carbocycles. The van der Waals surface area contributed by atoms with Crippen molar-refractivity contribution >= 4 is 0 Å². The van der Waals surface area contributed by atoms with Gasteiger partial charge in [-0.1, -0.05) is 32.0 Å². The first-order valence-corrected chi connectivity index (χ1v) is 6.75. The Bertz CT molecular complexity index is 387. The molecule has 0 aliphatic carbocycles. The third-order valence-corrected chi connectivity index (χ3v) is 3.25. The monoisotopic (exact) mass is 273 g/mol. The Labute approximate surface area is 113 Å². The van der Waals surface area contributed by atoms with E-state index in [4.69, 9.17) is 0 Å². The molecular weight excluding hydrogens is 251 g/mol. The molecule has 4 heteroatoms. The van der Waals surface area contributed by atoms with Gasteiger partial charge >= 0.3 is 6.18 Å². The smallest absolute Gasteiger partial charge is 0.314 e. The maximum atomic E-state index is 12.9. The van der Waals surface area contributed by atoms with Crippen molar-refractivity contribution < 1.29 is 13.2 Å². The Morgan fingerprint density at radius 2 is 1.79 bits per heavy atom. The summed E-state index contributed by atoms with van der Waals surface area (Å²) in [7, 11) is 0. The average Bonchev–Trinajstić information content (AvgIpc) is 2.35. The number of nitrogens with one attached hydrogen (secondary N) is 1. The van der Waals surface area contributed by atoms with Gasteiger partial charge in [0.1, 0.15) is 0 Å². The predicted molar refractivity (Wildman–Crippen MR) is 72.2 cm³/mol. The number of hydrogen-bond acceptors (Lipinski definition) is 1. The Morgan fingerprint density at radius 3 is 2.37 bits per heavy atom. The van der Waals surface area contributed by atoms with Crippen LogP contribution in [0.3, 0.4) is 0 Å². The summed E-state index contributed by atoms with van der Waals surface area (Å²) < 4.78 is 38.8. The minimum absolute atomic E-state index is 0.114. The SMILES string of the molecule is CCCNC(C)CC(C)c1ccccc1C(F)(F)F. The second-order valence-electron chi connectivity index (χ2n) is 5.08. The zero-order valence-electron chi connectivity index (χ0n) is 11.7. The summed E-state index contributed by atoms with van der Waals surface area (Å²) in [6, 6.07) is 6.08. The Morgan fingerprint density at radius 1 is 1.16 bits per heavy atom. The Kier molecular flexibility index (Phi) is 5.85. The van der Waals surface area contributed by atoms with Gasteiger partial charge in [-0.15, -0.1) is 0 Å². The second-order valence-corrected chi connectivity index (χ2v) is 5.08. The van der Waals surface area contributed by atoms with Crippen molar-refractivity contribution in [1.82, 2.24) is 5.32 Å². The van der Waals surface area contributed by atoms with Crippen LogP contribution in [0.25, 0.3) is 0 Å². The largest absolute Gasteiger partial charge is 0.416 e. The lowest BCUT2D eigenvalue weighted by Crippen LogP contribution is -2.28. The summed E-state index contributed by atoms with van der Waals surface area (Å²) in [4.78, 5) is 0. The minimum Gasteiger partial charge on any atom is -0.314 e. The average molecular weight is 273 g/mol. The summed E-state index contributed by atoms with van der Waals surface area (Å²) >= 11 is 0. The Hall–Kier alpha value is -1.03. The molecule has 19 heavy (non-hydrogen) atoms. The van der Waals surface area contributed by atoms with E-state index in [9.17, 15) is 13.2 Å². The van der Waals surface area contributed by atoms with Crippen LogP contribution in [0.4, 0.5) is 13.2 Å². The topological polar surface area (TPSA) is 12.0 Å². The van der Waals surface area contributed by atoms with Crippen LogP contribution in [0.2, 0.25) is 0 Å². The molecule has 0 radical (unpaired) electrons. The van der Waals surface area contributed by atoms with Crippen LogP contribution in [0, 0.1) is 0 Å². The van der Waals surface area contributed by atoms with Crippen molar-refractivity contribution in [3.63, 3.8) is 0 Å². The normalized spacial score (nSPS) is 15.3. The van der Waals surface area contributed by atoms with Crippen molar-refractivity contribution in [3.8, 4) is 0 Å². The van der Waals surface area contributed by atoms with Crippen LogP contribution in [-0.2, 0) is 6.18 Å². The molecule has 2 atom stereocenters. The van der Waals surface area contributed by atoms with Crippen molar-refractivity contribution in [2.75, 3.05) is 6.54 Å². The zero-order valence-corrected chi connectivity index (χ0v) is 11.7. The van der Waals surface area contributed by atoms with Gasteiger partial charge in [0.05, 0.1) is 5.56 Å². The molecule has 0 aromatic heterocycles. The van der Waals surface area contributed by atoms with Crippen LogP contribution in [0.1, 0.15) is 50.7 Å². The van der Waals surface area contributed by atoms with E-state index in [0.717, 1.165) is 19.0 Å². The highest BCUT2D eigenvalue weighted by atomic mass is 19.4. The van der Waals surface area contributed by atoms with Gasteiger partial charge < -0.3 is 5.32 Å². The van der Waals surface area contributed by atoms with Gasteiger partial charge in [0.2, 0.25) is 0 Å². The van der Waals surface area contributed by atoms with Gasteiger partial charge in [-0.2, -0.15) is 13.2 Å². The second kappa shape index (κ2) is 6.94. The molecule has 108 valence electrons. The van der Waals surface area contributed by atoms with Crippen LogP contribution < -0.4 is 5.32 Å². The maximum Gasteiger partial charge on any atom is 0.416 e. The lowest BCUT2D eigenvalue weighted by atomic mass is 9.90. The van der Waals surface area contributed by atoms with E-state index in [-0.39, 0.29) is 12.0 Å². The van der Waals surface area contributed by atoms with Gasteiger partial charge in [0.25, 0.3) is 0 Å². The van der Waals surface area contributed by atoms with Crippen molar-refractivity contribution in [2.24, 2.45) is 0 Å². The molecule has 1 N–H and O–H groups in total. The van der Waals surface area contributed by atoms with Gasteiger partial charge in [-0.3, -0.25) is 0 Å². The van der Waals surface area contributed by atoms with Crippen LogP contribution in [-0.4, -0.2) is 12.6 Å². The summed E-state index contributed by atoms with van der Waals surface area (Å²) in [5.41, 5.74) is -0.120. The fraction of sp³-hybridized carbons (Fsp3) is 0.600. The molecule has 0 aliphatic rings. The van der Waals surface area contributed by atoms with E-state index in [1.54, 1.807) is 12.1 Å². The number of halogens is 3. The Balaban J connectivity index is 2.79. The molecule has 1 nitrogen and oxygen atoms in total. The van der Waals surface area contributed by atoms with Crippen LogP contribution in [0.5, 0.6) is 0 Å². The molecule has 1 rings (SSSR count). The molecule has 0 bridgehead atoms. The molecular formula is C15H22F3N. The molecule has 0 saturated heterocycles. The number of benzene rings is 1. The zero-order chi connectivity index (χ0) is 14.5. The van der Waals surface area contributed by atoms with E-state index in [1.807, 2.05) is 13.8 Å². The quantitative estimate of drug-likeness (QED) is 0.799. The van der Waals surface area contributed by atoms with E-state index in [1.165, 1.54) is 6.07 Å². The molecule has 0 heterocycles. The van der Waals surface area contributed by atoms with Gasteiger partial charge in [-0.25, -0.2) is 0 Å². The van der Waals surface area contributed by atoms with Gasteiger partial charge in [-0.05, 0) is 43.9 Å². The van der Waals surface area contributed by atoms with E-state index in [2.05, 4.69) is 12.2 Å². The van der Waals surface area contributed by atoms with E-state index < -0.39 is 11.7 Å². The number of hydrogen-bond donors (Lipinski definition) is 1. The van der Waals surface area contributed by atoms with Crippen LogP contribution in [0.15, 0.2) is 24.3 Å². The van der Waals surface area contributed by atoms with E-state index in [0.29, 0.717) is 12.0 Å². The first kappa shape index (κ1) is 16.0.